The molecule has 0 aliphatic carbocycles. The molecule has 0 bridgehead atoms. The molecule has 5 nitrogen and oxygen atoms in total. The van der Waals surface area contributed by atoms with E-state index in [-0.39, 0.29) is 31.0 Å². The predicted molar refractivity (Wildman–Crippen MR) is 126 cm³/mol. The molecule has 31 heavy (non-hydrogen) atoms. The van der Waals surface area contributed by atoms with Crippen molar-refractivity contribution in [3.63, 3.8) is 0 Å². The van der Waals surface area contributed by atoms with Crippen LogP contribution < -0.4 is 10.1 Å². The van der Waals surface area contributed by atoms with Crippen LogP contribution in [0.5, 0.6) is 5.75 Å². The molecule has 0 saturated carbocycles. The zero-order chi connectivity index (χ0) is 23.0. The Labute approximate surface area is 198 Å². The fourth-order valence-corrected chi connectivity index (χ4v) is 3.71. The van der Waals surface area contributed by atoms with Gasteiger partial charge in [0.1, 0.15) is 11.8 Å². The zero-order valence-electron chi connectivity index (χ0n) is 17.8. The molecule has 2 atom stereocenters. The second-order valence-corrected chi connectivity index (χ2v) is 8.40. The lowest BCUT2D eigenvalue weighted by Crippen LogP contribution is -2.51. The fraction of sp³-hybridized carbons (Fsp3) is 0.391. The fourth-order valence-electron chi connectivity index (χ4n) is 3.00. The van der Waals surface area contributed by atoms with Crippen molar-refractivity contribution < 1.29 is 14.3 Å². The van der Waals surface area contributed by atoms with E-state index < -0.39 is 6.04 Å². The first-order valence-electron chi connectivity index (χ1n) is 10.2. The number of amides is 2. The number of carbonyl (C=O) groups is 2. The Morgan fingerprint density at radius 2 is 1.58 bits per heavy atom. The van der Waals surface area contributed by atoms with Gasteiger partial charge in [-0.05, 0) is 44.0 Å². The van der Waals surface area contributed by atoms with Crippen molar-refractivity contribution >= 4 is 46.6 Å². The molecule has 2 amide bonds. The molecule has 1 N–H and O–H groups in total. The Balaban J connectivity index is 2.30. The lowest BCUT2D eigenvalue weighted by molar-refractivity contribution is -0.143. The summed E-state index contributed by atoms with van der Waals surface area (Å²) in [5.74, 6) is -0.210. The molecule has 0 heterocycles. The largest absolute Gasteiger partial charge is 0.482 e. The molecule has 168 valence electrons. The van der Waals surface area contributed by atoms with E-state index in [1.54, 1.807) is 42.5 Å². The molecule has 0 fully saturated rings. The maximum absolute atomic E-state index is 13.2. The lowest BCUT2D eigenvalue weighted by Gasteiger charge is -2.32. The third-order valence-corrected chi connectivity index (χ3v) is 5.99. The zero-order valence-corrected chi connectivity index (χ0v) is 20.1. The molecular formula is C23H27Cl3N2O3. The van der Waals surface area contributed by atoms with Crippen molar-refractivity contribution in [2.75, 3.05) is 6.61 Å². The summed E-state index contributed by atoms with van der Waals surface area (Å²) in [6.07, 6.45) is 1.20. The van der Waals surface area contributed by atoms with Crippen molar-refractivity contribution in [2.24, 2.45) is 0 Å². The van der Waals surface area contributed by atoms with Crippen molar-refractivity contribution in [3.8, 4) is 5.75 Å². The maximum atomic E-state index is 13.2. The minimum absolute atomic E-state index is 0.0122. The number of para-hydroxylation sites is 1. The highest BCUT2D eigenvalue weighted by molar-refractivity contribution is 6.36. The van der Waals surface area contributed by atoms with E-state index in [0.717, 1.165) is 6.42 Å². The quantitative estimate of drug-likeness (QED) is 0.466. The van der Waals surface area contributed by atoms with Crippen LogP contribution in [-0.2, 0) is 16.1 Å². The van der Waals surface area contributed by atoms with Crippen molar-refractivity contribution in [2.45, 2.75) is 52.2 Å². The van der Waals surface area contributed by atoms with Gasteiger partial charge in [0.25, 0.3) is 5.91 Å². The van der Waals surface area contributed by atoms with Gasteiger partial charge in [-0.25, -0.2) is 0 Å². The number of hydrogen-bond acceptors (Lipinski definition) is 3. The molecule has 2 unspecified atom stereocenters. The minimum atomic E-state index is -0.705. The Kier molecular flexibility index (Phi) is 9.94. The number of nitrogens with zero attached hydrogens (tertiary/aromatic N) is 1. The van der Waals surface area contributed by atoms with Crippen LogP contribution in [0.4, 0.5) is 0 Å². The van der Waals surface area contributed by atoms with Crippen LogP contribution >= 0.6 is 34.8 Å². The van der Waals surface area contributed by atoms with E-state index in [0.29, 0.717) is 32.8 Å². The molecule has 0 spiro atoms. The van der Waals surface area contributed by atoms with Crippen LogP contribution in [0.3, 0.4) is 0 Å². The highest BCUT2D eigenvalue weighted by Gasteiger charge is 2.30. The van der Waals surface area contributed by atoms with Crippen molar-refractivity contribution in [3.05, 3.63) is 63.1 Å². The molecule has 2 aromatic carbocycles. The number of hydrogen-bond donors (Lipinski definition) is 1. The summed E-state index contributed by atoms with van der Waals surface area (Å²) in [6, 6.07) is 11.3. The molecule has 2 rings (SSSR count). The second-order valence-electron chi connectivity index (χ2n) is 7.18. The second kappa shape index (κ2) is 12.2. The lowest BCUT2D eigenvalue weighted by atomic mass is 10.1. The first-order chi connectivity index (χ1) is 14.8. The van der Waals surface area contributed by atoms with Crippen LogP contribution in [0.15, 0.2) is 42.5 Å². The summed E-state index contributed by atoms with van der Waals surface area (Å²) >= 11 is 18.8. The Bertz CT molecular complexity index is 887. The predicted octanol–water partition coefficient (Wildman–Crippen LogP) is 5.75. The van der Waals surface area contributed by atoms with Crippen molar-refractivity contribution in [1.29, 1.82) is 0 Å². The van der Waals surface area contributed by atoms with Gasteiger partial charge in [0.2, 0.25) is 5.91 Å². The first kappa shape index (κ1) is 25.3. The third-order valence-electron chi connectivity index (χ3n) is 4.96. The minimum Gasteiger partial charge on any atom is -0.482 e. The van der Waals surface area contributed by atoms with Crippen LogP contribution in [0.1, 0.15) is 39.2 Å². The molecule has 0 saturated heterocycles. The number of halogens is 3. The van der Waals surface area contributed by atoms with Crippen molar-refractivity contribution in [1.82, 2.24) is 10.2 Å². The summed E-state index contributed by atoms with van der Waals surface area (Å²) in [5.41, 5.74) is 0.576. The normalized spacial score (nSPS) is 12.7. The van der Waals surface area contributed by atoms with E-state index in [1.807, 2.05) is 20.8 Å². The molecule has 0 aliphatic heterocycles. The number of rotatable bonds is 10. The van der Waals surface area contributed by atoms with E-state index >= 15 is 0 Å². The summed E-state index contributed by atoms with van der Waals surface area (Å²) in [5, 5.41) is 4.20. The number of benzene rings is 2. The van der Waals surface area contributed by atoms with Gasteiger partial charge in [0.15, 0.2) is 6.61 Å². The molecule has 0 aliphatic rings. The Morgan fingerprint density at radius 3 is 2.16 bits per heavy atom. The van der Waals surface area contributed by atoms with Crippen LogP contribution in [0, 0.1) is 0 Å². The standard InChI is InChI=1S/C23H27Cl3N2O3/c1-4-15(3)27-23(30)20(5-2)28(13-16-17(24)10-8-11-18(16)25)22(29)14-31-21-12-7-6-9-19(21)26/h6-12,15,20H,4-5,13-14H2,1-3H3,(H,27,30). The molecular weight excluding hydrogens is 459 g/mol. The van der Waals surface area contributed by atoms with E-state index in [2.05, 4.69) is 5.32 Å². The SMILES string of the molecule is CCC(C)NC(=O)C(CC)N(Cc1c(Cl)cccc1Cl)C(=O)COc1ccccc1Cl. The van der Waals surface area contributed by atoms with Gasteiger partial charge < -0.3 is 15.0 Å². The summed E-state index contributed by atoms with van der Waals surface area (Å²) < 4.78 is 5.63. The van der Waals surface area contributed by atoms with Gasteiger partial charge in [-0.15, -0.1) is 0 Å². The third kappa shape index (κ3) is 7.03. The topological polar surface area (TPSA) is 58.6 Å². The summed E-state index contributed by atoms with van der Waals surface area (Å²) in [4.78, 5) is 27.6. The molecule has 8 heteroatoms. The highest BCUT2D eigenvalue weighted by Crippen LogP contribution is 2.28. The van der Waals surface area contributed by atoms with Gasteiger partial charge in [0, 0.05) is 28.2 Å². The average Bonchev–Trinajstić information content (AvgIpc) is 2.74. The first-order valence-corrected chi connectivity index (χ1v) is 11.3. The van der Waals surface area contributed by atoms with E-state index in [4.69, 9.17) is 39.5 Å². The molecule has 0 radical (unpaired) electrons. The monoisotopic (exact) mass is 484 g/mol. The van der Waals surface area contributed by atoms with Gasteiger partial charge in [-0.3, -0.25) is 9.59 Å². The highest BCUT2D eigenvalue weighted by atomic mass is 35.5. The molecule has 2 aromatic rings. The van der Waals surface area contributed by atoms with E-state index in [1.165, 1.54) is 4.90 Å². The smallest absolute Gasteiger partial charge is 0.261 e. The van der Waals surface area contributed by atoms with Gasteiger partial charge in [-0.1, -0.05) is 66.8 Å². The molecule has 0 aromatic heterocycles. The van der Waals surface area contributed by atoms with Gasteiger partial charge >= 0.3 is 0 Å². The van der Waals surface area contributed by atoms with Crippen LogP contribution in [-0.4, -0.2) is 35.4 Å². The maximum Gasteiger partial charge on any atom is 0.261 e. The van der Waals surface area contributed by atoms with Crippen LogP contribution in [0.25, 0.3) is 0 Å². The Morgan fingerprint density at radius 1 is 0.968 bits per heavy atom. The Hall–Kier alpha value is -1.95. The number of ether oxygens (including phenoxy) is 1. The summed E-state index contributed by atoms with van der Waals surface area (Å²) in [6.45, 7) is 5.55. The van der Waals surface area contributed by atoms with Gasteiger partial charge in [-0.2, -0.15) is 0 Å². The van der Waals surface area contributed by atoms with Gasteiger partial charge in [0.05, 0.1) is 5.02 Å². The number of carbonyl (C=O) groups excluding carboxylic acids is 2. The summed E-state index contributed by atoms with van der Waals surface area (Å²) in [7, 11) is 0. The number of nitrogens with one attached hydrogen (secondary N) is 1. The van der Waals surface area contributed by atoms with E-state index in [9.17, 15) is 9.59 Å². The average molecular weight is 486 g/mol. The van der Waals surface area contributed by atoms with Crippen LogP contribution in [0.2, 0.25) is 15.1 Å².